The maximum absolute atomic E-state index is 12.9. The Kier molecular flexibility index (Phi) is 17.2. The summed E-state index contributed by atoms with van der Waals surface area (Å²) < 4.78 is 0. The summed E-state index contributed by atoms with van der Waals surface area (Å²) in [4.78, 5) is 29.4. The molecule has 0 aliphatic rings. The van der Waals surface area contributed by atoms with E-state index < -0.39 is 0 Å². The average molecular weight is 513 g/mol. The lowest BCUT2D eigenvalue weighted by Crippen LogP contribution is -2.40. The Bertz CT molecular complexity index is 916. The second kappa shape index (κ2) is 18.5. The lowest BCUT2D eigenvalue weighted by molar-refractivity contribution is -0.121. The van der Waals surface area contributed by atoms with Gasteiger partial charge < -0.3 is 10.6 Å². The van der Waals surface area contributed by atoms with Crippen LogP contribution in [0.1, 0.15) is 69.2 Å². The fourth-order valence-corrected chi connectivity index (χ4v) is 3.91. The van der Waals surface area contributed by atoms with Crippen molar-refractivity contribution < 1.29 is 9.59 Å². The van der Waals surface area contributed by atoms with Crippen molar-refractivity contribution >= 4 is 23.2 Å². The maximum atomic E-state index is 12.9. The highest BCUT2D eigenvalue weighted by Gasteiger charge is 2.22. The van der Waals surface area contributed by atoms with E-state index in [0.717, 1.165) is 46.6 Å². The van der Waals surface area contributed by atoms with Crippen LogP contribution >= 0.6 is 0 Å². The van der Waals surface area contributed by atoms with E-state index in [9.17, 15) is 9.59 Å². The molecule has 0 bridgehead atoms. The fourth-order valence-electron chi connectivity index (χ4n) is 3.91. The van der Waals surface area contributed by atoms with Gasteiger partial charge in [0.15, 0.2) is 0 Å². The van der Waals surface area contributed by atoms with Crippen LogP contribution in [0.4, 0.5) is 11.4 Å². The molecule has 0 radical (unpaired) electrons. The van der Waals surface area contributed by atoms with Gasteiger partial charge in [-0.25, -0.2) is 0 Å². The van der Waals surface area contributed by atoms with E-state index in [1.54, 1.807) is 0 Å². The number of rotatable bonds is 10. The van der Waals surface area contributed by atoms with Crippen LogP contribution in [0.3, 0.4) is 0 Å². The molecule has 208 valence electrons. The number of hydrogen-bond donors (Lipinski definition) is 2. The Labute approximate surface area is 226 Å². The molecule has 37 heavy (non-hydrogen) atoms. The molecule has 6 heteroatoms. The zero-order valence-electron chi connectivity index (χ0n) is 25.3. The number of nitrogens with zero attached hydrogens (tertiary/aromatic N) is 2. The first kappa shape index (κ1) is 34.3. The van der Waals surface area contributed by atoms with Gasteiger partial charge in [0.05, 0.1) is 12.6 Å². The third kappa shape index (κ3) is 12.4. The van der Waals surface area contributed by atoms with Gasteiger partial charge in [0, 0.05) is 11.4 Å². The van der Waals surface area contributed by atoms with Crippen molar-refractivity contribution in [2.45, 2.75) is 80.7 Å². The Hall–Kier alpha value is -2.70. The highest BCUT2D eigenvalue weighted by Crippen LogP contribution is 2.21. The van der Waals surface area contributed by atoms with Gasteiger partial charge in [-0.15, -0.1) is 0 Å². The SMILES string of the molecule is CC.CCC.Cc1cccc(C)c1NC(=O)CN(C)CCC[C@H](C(=O)Nc1c(C)cccc1C)N(C)C. The first-order chi connectivity index (χ1) is 17.5. The molecule has 0 aromatic heterocycles. The zero-order chi connectivity index (χ0) is 28.5. The van der Waals surface area contributed by atoms with Gasteiger partial charge in [0.25, 0.3) is 0 Å². The highest BCUT2D eigenvalue weighted by molar-refractivity contribution is 5.96. The normalized spacial score (nSPS) is 11.2. The average Bonchev–Trinajstić information content (AvgIpc) is 2.83. The number of carbonyl (C=O) groups excluding carboxylic acids is 2. The summed E-state index contributed by atoms with van der Waals surface area (Å²) in [7, 11) is 5.79. The van der Waals surface area contributed by atoms with E-state index >= 15 is 0 Å². The second-order valence-corrected chi connectivity index (χ2v) is 9.64. The van der Waals surface area contributed by atoms with Crippen molar-refractivity contribution in [1.29, 1.82) is 0 Å². The van der Waals surface area contributed by atoms with Gasteiger partial charge in [0.1, 0.15) is 0 Å². The zero-order valence-corrected chi connectivity index (χ0v) is 25.3. The monoisotopic (exact) mass is 512 g/mol. The molecule has 0 aliphatic heterocycles. The molecule has 2 aromatic rings. The van der Waals surface area contributed by atoms with Crippen LogP contribution < -0.4 is 10.6 Å². The van der Waals surface area contributed by atoms with Crippen molar-refractivity contribution in [2.75, 3.05) is 44.9 Å². The van der Waals surface area contributed by atoms with Crippen molar-refractivity contribution in [2.24, 2.45) is 0 Å². The smallest absolute Gasteiger partial charge is 0.241 e. The first-order valence-electron chi connectivity index (χ1n) is 13.6. The molecule has 0 saturated carbocycles. The molecule has 0 fully saturated rings. The van der Waals surface area contributed by atoms with Gasteiger partial charge in [0.2, 0.25) is 11.8 Å². The van der Waals surface area contributed by atoms with E-state index in [2.05, 4.69) is 24.5 Å². The molecular weight excluding hydrogens is 460 g/mol. The molecular formula is C31H52N4O2. The van der Waals surface area contributed by atoms with Crippen molar-refractivity contribution in [3.8, 4) is 0 Å². The topological polar surface area (TPSA) is 64.7 Å². The fraction of sp³-hybridized carbons (Fsp3) is 0.548. The van der Waals surface area contributed by atoms with E-state index in [1.165, 1.54) is 6.42 Å². The van der Waals surface area contributed by atoms with E-state index in [0.29, 0.717) is 13.0 Å². The van der Waals surface area contributed by atoms with Crippen LogP contribution in [0.25, 0.3) is 0 Å². The van der Waals surface area contributed by atoms with Gasteiger partial charge in [-0.3, -0.25) is 19.4 Å². The summed E-state index contributed by atoms with van der Waals surface area (Å²) in [6, 6.07) is 11.8. The molecule has 1 atom stereocenters. The number of hydrogen-bond acceptors (Lipinski definition) is 4. The maximum Gasteiger partial charge on any atom is 0.241 e. The van der Waals surface area contributed by atoms with E-state index in [1.807, 2.05) is 109 Å². The van der Waals surface area contributed by atoms with Crippen LogP contribution in [0.5, 0.6) is 0 Å². The number of nitrogens with one attached hydrogen (secondary N) is 2. The third-order valence-electron chi connectivity index (χ3n) is 5.83. The van der Waals surface area contributed by atoms with E-state index in [-0.39, 0.29) is 17.9 Å². The molecule has 0 heterocycles. The summed E-state index contributed by atoms with van der Waals surface area (Å²) in [5, 5.41) is 6.14. The van der Waals surface area contributed by atoms with Crippen LogP contribution in [-0.2, 0) is 9.59 Å². The molecule has 2 rings (SSSR count). The Morgan fingerprint density at radius 1 is 0.784 bits per heavy atom. The van der Waals surface area contributed by atoms with Crippen molar-refractivity contribution in [1.82, 2.24) is 9.80 Å². The molecule has 6 nitrogen and oxygen atoms in total. The summed E-state index contributed by atoms with van der Waals surface area (Å²) in [5.74, 6) is -0.0235. The summed E-state index contributed by atoms with van der Waals surface area (Å²) in [6.45, 7) is 17.3. The highest BCUT2D eigenvalue weighted by atomic mass is 16.2. The molecule has 0 unspecified atom stereocenters. The minimum absolute atomic E-state index is 0.00261. The predicted octanol–water partition coefficient (Wildman–Crippen LogP) is 6.58. The number of carbonyl (C=O) groups is 2. The van der Waals surface area contributed by atoms with Crippen LogP contribution in [0, 0.1) is 27.7 Å². The van der Waals surface area contributed by atoms with Crippen LogP contribution in [0.2, 0.25) is 0 Å². The Balaban J connectivity index is 0.00000241. The van der Waals surface area contributed by atoms with Gasteiger partial charge in [-0.05, 0) is 90.5 Å². The lowest BCUT2D eigenvalue weighted by atomic mass is 10.1. The molecule has 2 amide bonds. The Morgan fingerprint density at radius 3 is 1.59 bits per heavy atom. The Morgan fingerprint density at radius 2 is 1.19 bits per heavy atom. The predicted molar refractivity (Wildman–Crippen MR) is 161 cm³/mol. The largest absolute Gasteiger partial charge is 0.324 e. The molecule has 0 saturated heterocycles. The quantitative estimate of drug-likeness (QED) is 0.377. The minimum atomic E-state index is -0.231. The summed E-state index contributed by atoms with van der Waals surface area (Å²) in [5.41, 5.74) is 6.02. The standard InChI is InChI=1S/C26H38N4O2.C3H8.C2H6/c1-18-11-8-12-19(2)24(18)27-23(31)17-30(7)16-10-15-22(29(5)6)26(32)28-25-20(3)13-9-14-21(25)4;1-3-2;1-2/h8-9,11-14,22H,10,15-17H2,1-7H3,(H,27,31)(H,28,32);3H2,1-2H3;1-2H3/t22-;;/m1../s1. The van der Waals surface area contributed by atoms with Crippen LogP contribution in [-0.4, -0.2) is 61.9 Å². The summed E-state index contributed by atoms with van der Waals surface area (Å²) >= 11 is 0. The number of para-hydroxylation sites is 2. The van der Waals surface area contributed by atoms with Gasteiger partial charge in [-0.1, -0.05) is 70.5 Å². The number of benzene rings is 2. The molecule has 2 N–H and O–H groups in total. The minimum Gasteiger partial charge on any atom is -0.324 e. The first-order valence-corrected chi connectivity index (χ1v) is 13.6. The second-order valence-electron chi connectivity index (χ2n) is 9.64. The molecule has 2 aromatic carbocycles. The third-order valence-corrected chi connectivity index (χ3v) is 5.83. The number of amides is 2. The van der Waals surface area contributed by atoms with Crippen molar-refractivity contribution in [3.63, 3.8) is 0 Å². The van der Waals surface area contributed by atoms with Crippen molar-refractivity contribution in [3.05, 3.63) is 58.7 Å². The number of anilines is 2. The molecule has 0 aliphatic carbocycles. The molecule has 0 spiro atoms. The number of likely N-dealkylation sites (N-methyl/N-ethyl adjacent to an activating group) is 2. The van der Waals surface area contributed by atoms with Crippen LogP contribution in [0.15, 0.2) is 36.4 Å². The van der Waals surface area contributed by atoms with Gasteiger partial charge >= 0.3 is 0 Å². The lowest BCUT2D eigenvalue weighted by Gasteiger charge is -2.25. The number of aryl methyl sites for hydroxylation is 4. The van der Waals surface area contributed by atoms with E-state index in [4.69, 9.17) is 0 Å². The van der Waals surface area contributed by atoms with Gasteiger partial charge in [-0.2, -0.15) is 0 Å². The summed E-state index contributed by atoms with van der Waals surface area (Å²) in [6.07, 6.45) is 2.78.